The molecule has 3 saturated heterocycles. The number of hydrogen-bond donors (Lipinski definition) is 0. The average Bonchev–Trinajstić information content (AvgIpc) is 1.90. The van der Waals surface area contributed by atoms with Gasteiger partial charge in [-0.3, -0.25) is 0 Å². The van der Waals surface area contributed by atoms with Crippen molar-refractivity contribution in [1.29, 1.82) is 0 Å². The molecule has 2 bridgehead atoms. The van der Waals surface area contributed by atoms with Crippen LogP contribution in [0.15, 0.2) is 0 Å². The van der Waals surface area contributed by atoms with Gasteiger partial charge in [-0.05, 0) is 45.2 Å². The van der Waals surface area contributed by atoms with Gasteiger partial charge in [-0.2, -0.15) is 0 Å². The maximum atomic E-state index is 4.11. The average molecular weight is 124 g/mol. The van der Waals surface area contributed by atoms with Gasteiger partial charge in [0.05, 0.1) is 0 Å². The standard InChI is InChI=1S/C8H14N/c1-7-6-8-2-4-9(7)5-3-8/h7-8H,1-6H2. The van der Waals surface area contributed by atoms with Crippen LogP contribution in [0.3, 0.4) is 0 Å². The van der Waals surface area contributed by atoms with E-state index in [1.807, 2.05) is 0 Å². The fraction of sp³-hybridized carbons (Fsp3) is 0.875. The Morgan fingerprint density at radius 1 is 1.22 bits per heavy atom. The molecule has 0 amide bonds. The molecule has 3 heterocycles. The zero-order valence-corrected chi connectivity index (χ0v) is 5.84. The smallest absolute Gasteiger partial charge is 0.00984 e. The molecular weight excluding hydrogens is 110 g/mol. The number of rotatable bonds is 0. The second-order valence-corrected chi connectivity index (χ2v) is 3.37. The number of nitrogens with zero attached hydrogens (tertiary/aromatic N) is 1. The third-order valence-corrected chi connectivity index (χ3v) is 2.77. The van der Waals surface area contributed by atoms with Gasteiger partial charge in [0.2, 0.25) is 0 Å². The van der Waals surface area contributed by atoms with Crippen LogP contribution in [0.25, 0.3) is 0 Å². The van der Waals surface area contributed by atoms with Gasteiger partial charge in [-0.25, -0.2) is 0 Å². The molecule has 0 spiro atoms. The Morgan fingerprint density at radius 3 is 2.11 bits per heavy atom. The first-order chi connectivity index (χ1) is 4.36. The lowest BCUT2D eigenvalue weighted by atomic mass is 9.84. The largest absolute Gasteiger partial charge is 0.300 e. The van der Waals surface area contributed by atoms with E-state index in [4.69, 9.17) is 0 Å². The molecule has 0 saturated carbocycles. The lowest BCUT2D eigenvalue weighted by molar-refractivity contribution is 0.0723. The van der Waals surface area contributed by atoms with Crippen LogP contribution < -0.4 is 0 Å². The molecule has 0 aromatic carbocycles. The highest BCUT2D eigenvalue weighted by Gasteiger charge is 2.30. The first-order valence-electron chi connectivity index (χ1n) is 3.93. The maximum Gasteiger partial charge on any atom is 0.00984 e. The molecule has 0 aromatic rings. The van der Waals surface area contributed by atoms with Crippen molar-refractivity contribution in [2.75, 3.05) is 13.1 Å². The highest BCUT2D eigenvalue weighted by Crippen LogP contribution is 2.30. The van der Waals surface area contributed by atoms with Crippen LogP contribution in [0, 0.1) is 12.8 Å². The predicted molar refractivity (Wildman–Crippen MR) is 38.1 cm³/mol. The topological polar surface area (TPSA) is 3.24 Å². The zero-order chi connectivity index (χ0) is 6.27. The summed E-state index contributed by atoms with van der Waals surface area (Å²) in [6.45, 7) is 6.74. The molecule has 3 aliphatic heterocycles. The van der Waals surface area contributed by atoms with Crippen molar-refractivity contribution in [3.8, 4) is 0 Å². The molecule has 1 atom stereocenters. The lowest BCUT2D eigenvalue weighted by Crippen LogP contribution is -2.47. The third kappa shape index (κ3) is 0.877. The predicted octanol–water partition coefficient (Wildman–Crippen LogP) is 1.30. The van der Waals surface area contributed by atoms with Crippen LogP contribution in [0.4, 0.5) is 0 Å². The van der Waals surface area contributed by atoms with Gasteiger partial charge in [-0.1, -0.05) is 0 Å². The van der Waals surface area contributed by atoms with Crippen LogP contribution in [-0.2, 0) is 0 Å². The van der Waals surface area contributed by atoms with E-state index in [-0.39, 0.29) is 0 Å². The summed E-state index contributed by atoms with van der Waals surface area (Å²) in [5.41, 5.74) is 0. The van der Waals surface area contributed by atoms with Gasteiger partial charge in [0.1, 0.15) is 0 Å². The SMILES string of the molecule is [CH2]C1CC2CCN1CC2. The zero-order valence-electron chi connectivity index (χ0n) is 5.84. The van der Waals surface area contributed by atoms with E-state index in [0.29, 0.717) is 6.04 Å². The molecule has 1 nitrogen and oxygen atoms in total. The van der Waals surface area contributed by atoms with Crippen molar-refractivity contribution in [2.45, 2.75) is 25.3 Å². The highest BCUT2D eigenvalue weighted by atomic mass is 15.2. The fourth-order valence-electron chi connectivity index (χ4n) is 2.09. The van der Waals surface area contributed by atoms with Gasteiger partial charge in [0.25, 0.3) is 0 Å². The Morgan fingerprint density at radius 2 is 1.89 bits per heavy atom. The Hall–Kier alpha value is -0.0400. The van der Waals surface area contributed by atoms with E-state index >= 15 is 0 Å². The van der Waals surface area contributed by atoms with Crippen molar-refractivity contribution in [3.63, 3.8) is 0 Å². The van der Waals surface area contributed by atoms with E-state index in [9.17, 15) is 0 Å². The summed E-state index contributed by atoms with van der Waals surface area (Å²) in [7, 11) is 0. The quantitative estimate of drug-likeness (QED) is 0.470. The summed E-state index contributed by atoms with van der Waals surface area (Å²) in [4.78, 5) is 2.51. The first-order valence-corrected chi connectivity index (χ1v) is 3.93. The molecule has 0 aromatic heterocycles. The van der Waals surface area contributed by atoms with Crippen molar-refractivity contribution < 1.29 is 0 Å². The van der Waals surface area contributed by atoms with E-state index < -0.39 is 0 Å². The van der Waals surface area contributed by atoms with Crippen molar-refractivity contribution in [3.05, 3.63) is 6.92 Å². The maximum absolute atomic E-state index is 4.11. The number of piperidine rings is 3. The minimum atomic E-state index is 0.650. The Balaban J connectivity index is 2.06. The van der Waals surface area contributed by atoms with Crippen LogP contribution >= 0.6 is 0 Å². The number of hydrogen-bond acceptors (Lipinski definition) is 1. The third-order valence-electron chi connectivity index (χ3n) is 2.77. The fourth-order valence-corrected chi connectivity index (χ4v) is 2.09. The van der Waals surface area contributed by atoms with Gasteiger partial charge >= 0.3 is 0 Å². The van der Waals surface area contributed by atoms with E-state index in [2.05, 4.69) is 11.8 Å². The van der Waals surface area contributed by atoms with Crippen molar-refractivity contribution >= 4 is 0 Å². The monoisotopic (exact) mass is 124 g/mol. The van der Waals surface area contributed by atoms with E-state index in [1.54, 1.807) is 0 Å². The minimum absolute atomic E-state index is 0.650. The summed E-state index contributed by atoms with van der Waals surface area (Å²) < 4.78 is 0. The van der Waals surface area contributed by atoms with Crippen molar-refractivity contribution in [1.82, 2.24) is 4.90 Å². The second kappa shape index (κ2) is 1.98. The van der Waals surface area contributed by atoms with Gasteiger partial charge in [0, 0.05) is 6.04 Å². The molecule has 1 heteroatoms. The molecule has 3 fully saturated rings. The number of fused-ring (bicyclic) bond motifs is 3. The molecule has 3 aliphatic rings. The molecular formula is C8H14N. The summed E-state index contributed by atoms with van der Waals surface area (Å²) >= 11 is 0. The van der Waals surface area contributed by atoms with E-state index in [0.717, 1.165) is 5.92 Å². The van der Waals surface area contributed by atoms with Gasteiger partial charge in [0.15, 0.2) is 0 Å². The summed E-state index contributed by atoms with van der Waals surface area (Å²) in [6.07, 6.45) is 4.23. The first kappa shape index (κ1) is 5.72. The molecule has 51 valence electrons. The molecule has 3 rings (SSSR count). The van der Waals surface area contributed by atoms with Gasteiger partial charge < -0.3 is 4.90 Å². The minimum Gasteiger partial charge on any atom is -0.300 e. The Kier molecular flexibility index (Phi) is 1.26. The van der Waals surface area contributed by atoms with Gasteiger partial charge in [-0.15, -0.1) is 0 Å². The summed E-state index contributed by atoms with van der Waals surface area (Å²) in [5.74, 6) is 1.03. The second-order valence-electron chi connectivity index (χ2n) is 3.37. The van der Waals surface area contributed by atoms with Crippen LogP contribution in [-0.4, -0.2) is 24.0 Å². The van der Waals surface area contributed by atoms with Crippen LogP contribution in [0.2, 0.25) is 0 Å². The lowest BCUT2D eigenvalue weighted by Gasteiger charge is -2.43. The Bertz CT molecular complexity index is 103. The summed E-state index contributed by atoms with van der Waals surface area (Å²) in [6, 6.07) is 0.650. The summed E-state index contributed by atoms with van der Waals surface area (Å²) in [5, 5.41) is 0. The Labute approximate surface area is 57.0 Å². The molecule has 9 heavy (non-hydrogen) atoms. The molecule has 1 radical (unpaired) electrons. The van der Waals surface area contributed by atoms with Crippen LogP contribution in [0.5, 0.6) is 0 Å². The molecule has 0 aliphatic carbocycles. The normalized spacial score (nSPS) is 49.7. The van der Waals surface area contributed by atoms with Crippen molar-refractivity contribution in [2.24, 2.45) is 5.92 Å². The molecule has 1 unspecified atom stereocenters. The molecule has 0 N–H and O–H groups in total. The van der Waals surface area contributed by atoms with E-state index in [1.165, 1.54) is 32.4 Å². The highest BCUT2D eigenvalue weighted by molar-refractivity contribution is 4.88. The van der Waals surface area contributed by atoms with Crippen LogP contribution in [0.1, 0.15) is 19.3 Å².